The number of carbonyl (C=O) groups is 1. The van der Waals surface area contributed by atoms with Gasteiger partial charge in [0.2, 0.25) is 0 Å². The van der Waals surface area contributed by atoms with Gasteiger partial charge in [-0.25, -0.2) is 4.68 Å². The van der Waals surface area contributed by atoms with Crippen LogP contribution in [0.5, 0.6) is 5.75 Å². The summed E-state index contributed by atoms with van der Waals surface area (Å²) in [4.78, 5) is 14.9. The standard InChI is InChI=1S/C24H27ClN4O3/c1-17-23(25)18(2)29(27-17)21-7-5-20(6-8-21)26-24(30)19-3-9-22(10-4-19)32-16-13-28-11-14-31-15-12-28/h3-10H,11-16H2,1-2H3,(H,26,30). The number of aryl methyl sites for hydroxylation is 1. The van der Waals surface area contributed by atoms with Crippen LogP contribution >= 0.6 is 11.6 Å². The second-order valence-electron chi connectivity index (χ2n) is 7.72. The molecule has 4 rings (SSSR count). The van der Waals surface area contributed by atoms with Crippen molar-refractivity contribution in [2.45, 2.75) is 13.8 Å². The monoisotopic (exact) mass is 454 g/mol. The summed E-state index contributed by atoms with van der Waals surface area (Å²) in [6.07, 6.45) is 0. The molecule has 1 N–H and O–H groups in total. The van der Waals surface area contributed by atoms with E-state index in [1.165, 1.54) is 0 Å². The normalized spacial score (nSPS) is 14.3. The number of rotatable bonds is 7. The fourth-order valence-corrected chi connectivity index (χ4v) is 3.70. The third-order valence-electron chi connectivity index (χ3n) is 5.47. The van der Waals surface area contributed by atoms with Crippen LogP contribution in [0.2, 0.25) is 5.02 Å². The van der Waals surface area contributed by atoms with E-state index >= 15 is 0 Å². The molecule has 1 fully saturated rings. The fraction of sp³-hybridized carbons (Fsp3) is 0.333. The molecule has 7 nitrogen and oxygen atoms in total. The maximum absolute atomic E-state index is 12.6. The first-order valence-electron chi connectivity index (χ1n) is 10.7. The van der Waals surface area contributed by atoms with E-state index in [4.69, 9.17) is 21.1 Å². The highest BCUT2D eigenvalue weighted by Gasteiger charge is 2.12. The van der Waals surface area contributed by atoms with E-state index in [2.05, 4.69) is 15.3 Å². The molecule has 1 aromatic heterocycles. The highest BCUT2D eigenvalue weighted by molar-refractivity contribution is 6.31. The van der Waals surface area contributed by atoms with Gasteiger partial charge in [0.25, 0.3) is 5.91 Å². The van der Waals surface area contributed by atoms with Crippen molar-refractivity contribution in [3.63, 3.8) is 0 Å². The Bertz CT molecular complexity index is 1060. The summed E-state index contributed by atoms with van der Waals surface area (Å²) in [6, 6.07) is 14.7. The number of amides is 1. The molecule has 1 aliphatic heterocycles. The SMILES string of the molecule is Cc1nn(-c2ccc(NC(=O)c3ccc(OCCN4CCOCC4)cc3)cc2)c(C)c1Cl. The molecule has 2 aromatic carbocycles. The first kappa shape index (κ1) is 22.3. The Morgan fingerprint density at radius 1 is 1.09 bits per heavy atom. The molecule has 168 valence electrons. The number of anilines is 1. The molecule has 0 radical (unpaired) electrons. The van der Waals surface area contributed by atoms with Gasteiger partial charge < -0.3 is 14.8 Å². The molecule has 0 bridgehead atoms. The molecule has 0 aliphatic carbocycles. The molecule has 8 heteroatoms. The maximum Gasteiger partial charge on any atom is 0.255 e. The van der Waals surface area contributed by atoms with Crippen LogP contribution in [-0.2, 0) is 4.74 Å². The molecular weight excluding hydrogens is 428 g/mol. The van der Waals surface area contributed by atoms with Crippen molar-refractivity contribution in [1.29, 1.82) is 0 Å². The summed E-state index contributed by atoms with van der Waals surface area (Å²) < 4.78 is 12.9. The summed E-state index contributed by atoms with van der Waals surface area (Å²) >= 11 is 6.23. The third kappa shape index (κ3) is 5.30. The van der Waals surface area contributed by atoms with Crippen LogP contribution in [0.25, 0.3) is 5.69 Å². The summed E-state index contributed by atoms with van der Waals surface area (Å²) in [7, 11) is 0. The van der Waals surface area contributed by atoms with Gasteiger partial charge in [0.15, 0.2) is 0 Å². The number of hydrogen-bond acceptors (Lipinski definition) is 5. The van der Waals surface area contributed by atoms with E-state index < -0.39 is 0 Å². The summed E-state index contributed by atoms with van der Waals surface area (Å²) in [5.41, 5.74) is 3.83. The largest absolute Gasteiger partial charge is 0.492 e. The number of carbonyl (C=O) groups excluding carboxylic acids is 1. The molecule has 32 heavy (non-hydrogen) atoms. The number of halogens is 1. The third-order valence-corrected chi connectivity index (χ3v) is 6.02. The molecule has 0 atom stereocenters. The van der Waals surface area contributed by atoms with Gasteiger partial charge in [-0.05, 0) is 62.4 Å². The van der Waals surface area contributed by atoms with Crippen LogP contribution in [-0.4, -0.2) is 60.0 Å². The number of benzene rings is 2. The lowest BCUT2D eigenvalue weighted by Crippen LogP contribution is -2.38. The zero-order valence-corrected chi connectivity index (χ0v) is 19.1. The zero-order valence-electron chi connectivity index (χ0n) is 18.3. The number of nitrogens with zero attached hydrogens (tertiary/aromatic N) is 3. The van der Waals surface area contributed by atoms with Gasteiger partial charge in [-0.2, -0.15) is 5.10 Å². The average molecular weight is 455 g/mol. The van der Waals surface area contributed by atoms with Gasteiger partial charge in [0, 0.05) is 30.9 Å². The van der Waals surface area contributed by atoms with Crippen molar-refractivity contribution in [3.8, 4) is 11.4 Å². The predicted molar refractivity (Wildman–Crippen MR) is 125 cm³/mol. The second-order valence-corrected chi connectivity index (χ2v) is 8.10. The Kier molecular flexibility index (Phi) is 7.09. The molecule has 0 saturated carbocycles. The fourth-order valence-electron chi connectivity index (χ4n) is 3.58. The Labute approximate surface area is 192 Å². The highest BCUT2D eigenvalue weighted by atomic mass is 35.5. The van der Waals surface area contributed by atoms with Crippen molar-refractivity contribution in [1.82, 2.24) is 14.7 Å². The quantitative estimate of drug-likeness (QED) is 0.582. The first-order valence-corrected chi connectivity index (χ1v) is 11.1. The van der Waals surface area contributed by atoms with E-state index in [0.717, 1.165) is 55.7 Å². The minimum atomic E-state index is -0.174. The summed E-state index contributed by atoms with van der Waals surface area (Å²) in [5.74, 6) is 0.578. The Morgan fingerprint density at radius 2 is 1.78 bits per heavy atom. The van der Waals surface area contributed by atoms with Crippen LogP contribution in [0.15, 0.2) is 48.5 Å². The van der Waals surface area contributed by atoms with E-state index in [0.29, 0.717) is 22.9 Å². The van der Waals surface area contributed by atoms with Gasteiger partial charge in [0.1, 0.15) is 12.4 Å². The molecule has 2 heterocycles. The minimum absolute atomic E-state index is 0.174. The van der Waals surface area contributed by atoms with Crippen LogP contribution in [0.4, 0.5) is 5.69 Å². The number of ether oxygens (including phenoxy) is 2. The van der Waals surface area contributed by atoms with Gasteiger partial charge in [-0.3, -0.25) is 9.69 Å². The minimum Gasteiger partial charge on any atom is -0.492 e. The van der Waals surface area contributed by atoms with Crippen molar-refractivity contribution in [3.05, 3.63) is 70.5 Å². The van der Waals surface area contributed by atoms with E-state index in [1.807, 2.05) is 50.2 Å². The summed E-state index contributed by atoms with van der Waals surface area (Å²) in [5, 5.41) is 8.03. The molecular formula is C24H27ClN4O3. The van der Waals surface area contributed by atoms with E-state index in [-0.39, 0.29) is 5.91 Å². The molecule has 0 spiro atoms. The number of morpholine rings is 1. The van der Waals surface area contributed by atoms with E-state index in [9.17, 15) is 4.79 Å². The van der Waals surface area contributed by atoms with Gasteiger partial charge in [0.05, 0.1) is 35.3 Å². The van der Waals surface area contributed by atoms with Crippen molar-refractivity contribution in [2.24, 2.45) is 0 Å². The molecule has 0 unspecified atom stereocenters. The topological polar surface area (TPSA) is 68.6 Å². The molecule has 1 amide bonds. The lowest BCUT2D eigenvalue weighted by molar-refractivity contribution is 0.0322. The Balaban J connectivity index is 1.31. The second kappa shape index (κ2) is 10.2. The van der Waals surface area contributed by atoms with Gasteiger partial charge >= 0.3 is 0 Å². The van der Waals surface area contributed by atoms with Crippen molar-refractivity contribution < 1.29 is 14.3 Å². The molecule has 3 aromatic rings. The average Bonchev–Trinajstić information content (AvgIpc) is 3.08. The number of nitrogens with one attached hydrogen (secondary N) is 1. The van der Waals surface area contributed by atoms with Gasteiger partial charge in [-0.1, -0.05) is 11.6 Å². The molecule has 1 aliphatic rings. The van der Waals surface area contributed by atoms with Crippen LogP contribution in [0, 0.1) is 13.8 Å². The number of hydrogen-bond donors (Lipinski definition) is 1. The molecule has 1 saturated heterocycles. The lowest BCUT2D eigenvalue weighted by Gasteiger charge is -2.26. The van der Waals surface area contributed by atoms with Crippen LogP contribution in [0.1, 0.15) is 21.7 Å². The van der Waals surface area contributed by atoms with Crippen LogP contribution < -0.4 is 10.1 Å². The lowest BCUT2D eigenvalue weighted by atomic mass is 10.2. The maximum atomic E-state index is 12.6. The van der Waals surface area contributed by atoms with Crippen molar-refractivity contribution in [2.75, 3.05) is 44.8 Å². The Morgan fingerprint density at radius 3 is 2.41 bits per heavy atom. The predicted octanol–water partition coefficient (Wildman–Crippen LogP) is 4.11. The first-order chi connectivity index (χ1) is 15.5. The number of aromatic nitrogens is 2. The highest BCUT2D eigenvalue weighted by Crippen LogP contribution is 2.23. The summed E-state index contributed by atoms with van der Waals surface area (Å²) in [6.45, 7) is 8.72. The van der Waals surface area contributed by atoms with Gasteiger partial charge in [-0.15, -0.1) is 0 Å². The van der Waals surface area contributed by atoms with Crippen molar-refractivity contribution >= 4 is 23.2 Å². The van der Waals surface area contributed by atoms with E-state index in [1.54, 1.807) is 16.8 Å². The Hall–Kier alpha value is -2.87. The van der Waals surface area contributed by atoms with Crippen LogP contribution in [0.3, 0.4) is 0 Å². The zero-order chi connectivity index (χ0) is 22.5. The smallest absolute Gasteiger partial charge is 0.255 e.